The van der Waals surface area contributed by atoms with Crippen molar-refractivity contribution in [2.45, 2.75) is 24.8 Å². The van der Waals surface area contributed by atoms with Crippen LogP contribution in [-0.4, -0.2) is 44.6 Å². The molecule has 7 nitrogen and oxygen atoms in total. The van der Waals surface area contributed by atoms with Gasteiger partial charge in [-0.3, -0.25) is 4.79 Å². The van der Waals surface area contributed by atoms with Gasteiger partial charge in [0.05, 0.1) is 6.20 Å². The van der Waals surface area contributed by atoms with Crippen molar-refractivity contribution in [1.82, 2.24) is 25.3 Å². The minimum Gasteiger partial charge on any atom is -0.356 e. The Kier molecular flexibility index (Phi) is 4.43. The largest absolute Gasteiger partial charge is 0.356 e. The van der Waals surface area contributed by atoms with E-state index in [1.165, 1.54) is 6.07 Å². The Balaban J connectivity index is 0.00000150. The molecule has 4 rings (SSSR count). The van der Waals surface area contributed by atoms with Crippen molar-refractivity contribution < 1.29 is 16.4 Å². The highest BCUT2D eigenvalue weighted by Gasteiger charge is 2.44. The van der Waals surface area contributed by atoms with Gasteiger partial charge in [0.15, 0.2) is 5.82 Å². The van der Waals surface area contributed by atoms with Gasteiger partial charge in [-0.2, -0.15) is 0 Å². The minimum atomic E-state index is -0.783. The molecule has 1 saturated carbocycles. The predicted molar refractivity (Wildman–Crippen MR) is 100 cm³/mol. The van der Waals surface area contributed by atoms with Crippen LogP contribution >= 0.6 is 0 Å². The third kappa shape index (κ3) is 3.20. The normalized spacial score (nSPS) is 15.3. The fraction of sp³-hybridized carbons (Fsp3) is 0.333. The maximum absolute atomic E-state index is 13.6. The molecule has 3 N–H and O–H groups in total. The van der Waals surface area contributed by atoms with Gasteiger partial charge in [0.2, 0.25) is 5.91 Å². The van der Waals surface area contributed by atoms with Crippen LogP contribution in [0, 0.1) is 5.82 Å². The van der Waals surface area contributed by atoms with Crippen molar-refractivity contribution in [3.63, 3.8) is 0 Å². The maximum atomic E-state index is 13.6. The van der Waals surface area contributed by atoms with E-state index in [9.17, 15) is 13.6 Å². The number of carbonyl (C=O) groups excluding carboxylic acids is 1. The molecule has 0 aliphatic heterocycles. The van der Waals surface area contributed by atoms with Crippen LogP contribution in [-0.2, 0) is 4.79 Å². The average molecular weight is 376 g/mol. The second-order valence-electron chi connectivity index (χ2n) is 6.52. The molecule has 0 bridgehead atoms. The highest BCUT2D eigenvalue weighted by Crippen LogP contribution is 2.35. The lowest BCUT2D eigenvalue weighted by Crippen LogP contribution is -2.57. The van der Waals surface area contributed by atoms with Gasteiger partial charge in [-0.25, -0.2) is 23.7 Å². The smallest absolute Gasteiger partial charge is 0.245 e. The molecule has 3 aromatic rings. The van der Waals surface area contributed by atoms with Crippen molar-refractivity contribution >= 4 is 22.8 Å². The number of pyridine rings is 1. The highest BCUT2D eigenvalue weighted by molar-refractivity contribution is 5.92. The third-order valence-electron chi connectivity index (χ3n) is 4.78. The van der Waals surface area contributed by atoms with Crippen LogP contribution in [0.3, 0.4) is 0 Å². The van der Waals surface area contributed by atoms with Gasteiger partial charge in [-0.15, -0.1) is 0 Å². The first kappa shape index (κ1) is 17.3. The molecule has 1 aliphatic rings. The molecule has 0 saturated heterocycles. The lowest BCUT2D eigenvalue weighted by molar-refractivity contribution is -0.128. The standard InChI is InChI=1S/C18H18F2N6O.2H2/c19-5-7-22-17(27)18(3-1-4-18)26-14-2-6-21-16(25-14)13-10-24-15-12(13)8-11(20)9-23-15;;/h2,6,8-10H,1,3-5,7H2,(H,22,27)(H,23,24)(H,21,25,26);2*1H. The number of halogens is 2. The number of aromatic amines is 1. The number of nitrogens with one attached hydrogen (secondary N) is 3. The molecule has 0 spiro atoms. The predicted octanol–water partition coefficient (Wildman–Crippen LogP) is 3.07. The van der Waals surface area contributed by atoms with E-state index in [0.29, 0.717) is 41.1 Å². The molecule has 0 aromatic carbocycles. The van der Waals surface area contributed by atoms with E-state index in [0.717, 1.165) is 12.6 Å². The number of carbonyl (C=O) groups is 1. The van der Waals surface area contributed by atoms with Crippen molar-refractivity contribution in [3.05, 3.63) is 36.5 Å². The van der Waals surface area contributed by atoms with Crippen molar-refractivity contribution in [1.29, 1.82) is 0 Å². The molecular weight excluding hydrogens is 354 g/mol. The van der Waals surface area contributed by atoms with Crippen LogP contribution in [0.25, 0.3) is 22.4 Å². The van der Waals surface area contributed by atoms with E-state index in [-0.39, 0.29) is 15.3 Å². The fourth-order valence-corrected chi connectivity index (χ4v) is 3.24. The zero-order valence-corrected chi connectivity index (χ0v) is 14.4. The van der Waals surface area contributed by atoms with Crippen LogP contribution in [0.1, 0.15) is 22.1 Å². The summed E-state index contributed by atoms with van der Waals surface area (Å²) < 4.78 is 25.9. The number of hydrogen-bond acceptors (Lipinski definition) is 5. The highest BCUT2D eigenvalue weighted by atomic mass is 19.1. The quantitative estimate of drug-likeness (QED) is 0.614. The molecule has 1 aliphatic carbocycles. The Labute approximate surface area is 156 Å². The van der Waals surface area contributed by atoms with Crippen molar-refractivity contribution in [2.75, 3.05) is 18.5 Å². The van der Waals surface area contributed by atoms with Gasteiger partial charge in [-0.1, -0.05) is 0 Å². The Morgan fingerprint density at radius 3 is 2.96 bits per heavy atom. The van der Waals surface area contributed by atoms with Crippen LogP contribution in [0.2, 0.25) is 0 Å². The Morgan fingerprint density at radius 1 is 1.37 bits per heavy atom. The molecule has 1 amide bonds. The SMILES string of the molecule is O=C(NCCF)C1(Nc2ccnc(-c3c[nH]c4ncc(F)cc34)n2)CCC1.[HH].[HH]. The summed E-state index contributed by atoms with van der Waals surface area (Å²) in [7, 11) is 0. The summed E-state index contributed by atoms with van der Waals surface area (Å²) in [5.41, 5.74) is 0.369. The lowest BCUT2D eigenvalue weighted by atomic mass is 9.76. The Morgan fingerprint density at radius 2 is 2.22 bits per heavy atom. The summed E-state index contributed by atoms with van der Waals surface area (Å²) in [6.45, 7) is -0.615. The second kappa shape index (κ2) is 6.90. The number of amides is 1. The lowest BCUT2D eigenvalue weighted by Gasteiger charge is -2.41. The number of H-pyrrole nitrogens is 1. The molecular formula is C18H22F2N6O. The summed E-state index contributed by atoms with van der Waals surface area (Å²) in [6.07, 6.45) is 6.57. The minimum absolute atomic E-state index is 0. The zero-order chi connectivity index (χ0) is 18.9. The first-order valence-corrected chi connectivity index (χ1v) is 8.70. The van der Waals surface area contributed by atoms with Gasteiger partial charge < -0.3 is 15.6 Å². The molecule has 0 atom stereocenters. The number of hydrogen-bond donors (Lipinski definition) is 3. The summed E-state index contributed by atoms with van der Waals surface area (Å²) in [6, 6.07) is 3.04. The van der Waals surface area contributed by atoms with Crippen LogP contribution in [0.4, 0.5) is 14.6 Å². The monoisotopic (exact) mass is 376 g/mol. The number of rotatable bonds is 6. The Bertz CT molecular complexity index is 995. The van der Waals surface area contributed by atoms with E-state index < -0.39 is 18.0 Å². The number of nitrogens with zero attached hydrogens (tertiary/aromatic N) is 3. The second-order valence-corrected chi connectivity index (χ2v) is 6.52. The van der Waals surface area contributed by atoms with Crippen LogP contribution in [0.15, 0.2) is 30.7 Å². The van der Waals surface area contributed by atoms with Crippen molar-refractivity contribution in [3.8, 4) is 11.4 Å². The topological polar surface area (TPSA) is 95.6 Å². The van der Waals surface area contributed by atoms with Gasteiger partial charge in [0.25, 0.3) is 0 Å². The van der Waals surface area contributed by atoms with Crippen LogP contribution in [0.5, 0.6) is 0 Å². The van der Waals surface area contributed by atoms with Crippen LogP contribution < -0.4 is 10.6 Å². The summed E-state index contributed by atoms with van der Waals surface area (Å²) in [4.78, 5) is 28.1. The van der Waals surface area contributed by atoms with Crippen molar-refractivity contribution in [2.24, 2.45) is 0 Å². The van der Waals surface area contributed by atoms with Gasteiger partial charge in [0.1, 0.15) is 29.5 Å². The molecule has 1 fully saturated rings. The molecule has 27 heavy (non-hydrogen) atoms. The number of anilines is 1. The maximum Gasteiger partial charge on any atom is 0.245 e. The Hall–Kier alpha value is -3.10. The molecule has 0 unspecified atom stereocenters. The average Bonchev–Trinajstić information content (AvgIpc) is 3.06. The summed E-state index contributed by atoms with van der Waals surface area (Å²) in [5, 5.41) is 6.35. The van der Waals surface area contributed by atoms with E-state index in [1.807, 2.05) is 0 Å². The molecule has 3 heterocycles. The summed E-state index contributed by atoms with van der Waals surface area (Å²) in [5.74, 6) is 0.187. The molecule has 0 radical (unpaired) electrons. The molecule has 9 heteroatoms. The van der Waals surface area contributed by atoms with E-state index >= 15 is 0 Å². The van der Waals surface area contributed by atoms with E-state index in [2.05, 4.69) is 30.6 Å². The van der Waals surface area contributed by atoms with Gasteiger partial charge in [-0.05, 0) is 31.4 Å². The number of aromatic nitrogens is 4. The van der Waals surface area contributed by atoms with E-state index in [4.69, 9.17) is 0 Å². The molecule has 144 valence electrons. The zero-order valence-electron chi connectivity index (χ0n) is 14.4. The summed E-state index contributed by atoms with van der Waals surface area (Å²) >= 11 is 0. The molecule has 3 aromatic heterocycles. The first-order chi connectivity index (χ1) is 13.1. The first-order valence-electron chi connectivity index (χ1n) is 8.70. The third-order valence-corrected chi connectivity index (χ3v) is 4.78. The fourth-order valence-electron chi connectivity index (χ4n) is 3.24. The number of alkyl halides is 1. The number of fused-ring (bicyclic) bond motifs is 1. The van der Waals surface area contributed by atoms with Gasteiger partial charge in [0, 0.05) is 32.7 Å². The van der Waals surface area contributed by atoms with Gasteiger partial charge >= 0.3 is 0 Å². The van der Waals surface area contributed by atoms with E-state index in [1.54, 1.807) is 18.5 Å².